The zero-order valence-electron chi connectivity index (χ0n) is 15.6. The number of carbonyl (C=O) groups is 1. The van der Waals surface area contributed by atoms with Crippen molar-refractivity contribution >= 4 is 38.1 Å². The van der Waals surface area contributed by atoms with Crippen LogP contribution in [0.25, 0.3) is 11.3 Å². The topological polar surface area (TPSA) is 88.2 Å². The lowest BCUT2D eigenvalue weighted by Gasteiger charge is -2.08. The van der Waals surface area contributed by atoms with Gasteiger partial charge < -0.3 is 0 Å². The van der Waals surface area contributed by atoms with Crippen molar-refractivity contribution in [1.82, 2.24) is 4.98 Å². The van der Waals surface area contributed by atoms with E-state index in [0.29, 0.717) is 22.8 Å². The monoisotopic (exact) mass is 415 g/mol. The summed E-state index contributed by atoms with van der Waals surface area (Å²) in [7, 11) is -3.41. The molecule has 0 unspecified atom stereocenters. The summed E-state index contributed by atoms with van der Waals surface area (Å²) in [6.07, 6.45) is 0.517. The molecule has 146 valence electrons. The van der Waals surface area contributed by atoms with Gasteiger partial charge in [-0.25, -0.2) is 13.4 Å². The zero-order valence-corrected chi connectivity index (χ0v) is 17.2. The van der Waals surface area contributed by atoms with E-state index in [1.807, 2.05) is 36.6 Å². The van der Waals surface area contributed by atoms with Crippen LogP contribution in [0.3, 0.4) is 0 Å². The number of aromatic nitrogens is 1. The number of aryl methyl sites for hydroxylation is 1. The number of rotatable bonds is 7. The van der Waals surface area contributed by atoms with Crippen LogP contribution in [-0.2, 0) is 10.0 Å². The number of hydrogen-bond acceptors (Lipinski definition) is 5. The van der Waals surface area contributed by atoms with E-state index in [4.69, 9.17) is 0 Å². The Morgan fingerprint density at radius 2 is 1.89 bits per heavy atom. The summed E-state index contributed by atoms with van der Waals surface area (Å²) in [5.74, 6) is -0.314. The van der Waals surface area contributed by atoms with Crippen LogP contribution in [0.15, 0.2) is 53.9 Å². The highest BCUT2D eigenvalue weighted by molar-refractivity contribution is 7.92. The highest BCUT2D eigenvalue weighted by atomic mass is 32.2. The lowest BCUT2D eigenvalue weighted by molar-refractivity contribution is 0.102. The first kappa shape index (κ1) is 20.0. The van der Waals surface area contributed by atoms with Crippen LogP contribution in [-0.4, -0.2) is 25.1 Å². The van der Waals surface area contributed by atoms with Gasteiger partial charge in [0.1, 0.15) is 0 Å². The van der Waals surface area contributed by atoms with Crippen molar-refractivity contribution < 1.29 is 13.2 Å². The maximum Gasteiger partial charge on any atom is 0.257 e. The van der Waals surface area contributed by atoms with E-state index in [9.17, 15) is 13.2 Å². The molecule has 0 aliphatic heterocycles. The average molecular weight is 416 g/mol. The molecule has 28 heavy (non-hydrogen) atoms. The van der Waals surface area contributed by atoms with Crippen LogP contribution in [0.5, 0.6) is 0 Å². The molecule has 1 aromatic heterocycles. The highest BCUT2D eigenvalue weighted by Crippen LogP contribution is 2.25. The average Bonchev–Trinajstić information content (AvgIpc) is 3.10. The first-order valence-corrected chi connectivity index (χ1v) is 11.3. The molecule has 0 saturated heterocycles. The Morgan fingerprint density at radius 3 is 2.61 bits per heavy atom. The number of amides is 1. The van der Waals surface area contributed by atoms with Crippen molar-refractivity contribution in [3.05, 3.63) is 65.0 Å². The maximum absolute atomic E-state index is 12.5. The summed E-state index contributed by atoms with van der Waals surface area (Å²) in [5, 5.41) is 5.13. The van der Waals surface area contributed by atoms with Gasteiger partial charge in [-0.05, 0) is 31.5 Å². The van der Waals surface area contributed by atoms with Crippen LogP contribution in [0.1, 0.15) is 29.3 Å². The molecule has 0 aliphatic carbocycles. The van der Waals surface area contributed by atoms with E-state index in [2.05, 4.69) is 15.0 Å². The first-order valence-electron chi connectivity index (χ1n) is 8.81. The Morgan fingerprint density at radius 1 is 1.14 bits per heavy atom. The van der Waals surface area contributed by atoms with Gasteiger partial charge in [-0.15, -0.1) is 11.3 Å². The molecule has 0 bridgehead atoms. The van der Waals surface area contributed by atoms with Crippen LogP contribution in [0.2, 0.25) is 0 Å². The van der Waals surface area contributed by atoms with Gasteiger partial charge in [0.25, 0.3) is 5.91 Å². The lowest BCUT2D eigenvalue weighted by Crippen LogP contribution is -2.17. The number of sulfonamides is 1. The molecule has 0 spiro atoms. The van der Waals surface area contributed by atoms with Gasteiger partial charge in [-0.2, -0.15) is 0 Å². The summed E-state index contributed by atoms with van der Waals surface area (Å²) >= 11 is 1.34. The Hall–Kier alpha value is -2.71. The minimum Gasteiger partial charge on any atom is -0.298 e. The molecule has 0 saturated carbocycles. The van der Waals surface area contributed by atoms with Crippen molar-refractivity contribution in [2.24, 2.45) is 0 Å². The van der Waals surface area contributed by atoms with Gasteiger partial charge in [0.2, 0.25) is 10.0 Å². The summed E-state index contributed by atoms with van der Waals surface area (Å²) in [4.78, 5) is 17.0. The predicted octanol–water partition coefficient (Wildman–Crippen LogP) is 4.52. The third-order valence-corrected chi connectivity index (χ3v) is 6.19. The Bertz CT molecular complexity index is 1070. The zero-order chi connectivity index (χ0) is 20.1. The second kappa shape index (κ2) is 8.53. The first-order chi connectivity index (χ1) is 13.4. The van der Waals surface area contributed by atoms with Crippen LogP contribution >= 0.6 is 11.3 Å². The van der Waals surface area contributed by atoms with E-state index < -0.39 is 10.0 Å². The van der Waals surface area contributed by atoms with Crippen molar-refractivity contribution in [3.8, 4) is 11.3 Å². The van der Waals surface area contributed by atoms with Crippen LogP contribution < -0.4 is 10.0 Å². The van der Waals surface area contributed by atoms with Crippen molar-refractivity contribution in [1.29, 1.82) is 0 Å². The largest absolute Gasteiger partial charge is 0.298 e. The fourth-order valence-corrected chi connectivity index (χ4v) is 4.42. The van der Waals surface area contributed by atoms with E-state index in [-0.39, 0.29) is 11.7 Å². The van der Waals surface area contributed by atoms with Gasteiger partial charge in [0.15, 0.2) is 5.13 Å². The number of carbonyl (C=O) groups excluding carboxylic acids is 1. The minimum absolute atomic E-state index is 0.0321. The molecule has 8 heteroatoms. The van der Waals surface area contributed by atoms with Gasteiger partial charge in [0, 0.05) is 22.2 Å². The Balaban J connectivity index is 1.71. The molecule has 0 fully saturated rings. The van der Waals surface area contributed by atoms with Crippen LogP contribution in [0.4, 0.5) is 10.8 Å². The second-order valence-electron chi connectivity index (χ2n) is 6.36. The molecular weight excluding hydrogens is 394 g/mol. The standard InChI is InChI=1S/C20H21N3O3S2/c1-3-11-28(25,26)23-17-6-4-5-16(12-17)19(24)22-20-21-18(13-27-20)15-9-7-14(2)8-10-15/h4-10,12-13,23H,3,11H2,1-2H3,(H,21,22,24). The number of thiazole rings is 1. The molecule has 6 nitrogen and oxygen atoms in total. The molecule has 0 radical (unpaired) electrons. The van der Waals surface area contributed by atoms with E-state index in [1.165, 1.54) is 23.0 Å². The number of nitrogens with one attached hydrogen (secondary N) is 2. The highest BCUT2D eigenvalue weighted by Gasteiger charge is 2.13. The van der Waals surface area contributed by atoms with Crippen molar-refractivity contribution in [2.75, 3.05) is 15.8 Å². The predicted molar refractivity (Wildman–Crippen MR) is 114 cm³/mol. The normalized spacial score (nSPS) is 11.2. The van der Waals surface area contributed by atoms with Gasteiger partial charge >= 0.3 is 0 Å². The molecule has 2 N–H and O–H groups in total. The number of benzene rings is 2. The summed E-state index contributed by atoms with van der Waals surface area (Å²) in [6.45, 7) is 3.81. The molecule has 0 aliphatic rings. The summed E-state index contributed by atoms with van der Waals surface area (Å²) in [6, 6.07) is 14.4. The number of nitrogens with zero attached hydrogens (tertiary/aromatic N) is 1. The fraction of sp³-hybridized carbons (Fsp3) is 0.200. The molecule has 2 aromatic carbocycles. The van der Waals surface area contributed by atoms with Gasteiger partial charge in [-0.1, -0.05) is 42.8 Å². The third-order valence-electron chi connectivity index (χ3n) is 3.94. The molecule has 3 aromatic rings. The van der Waals surface area contributed by atoms with E-state index in [1.54, 1.807) is 25.1 Å². The summed E-state index contributed by atoms with van der Waals surface area (Å²) in [5.41, 5.74) is 3.65. The minimum atomic E-state index is -3.41. The smallest absolute Gasteiger partial charge is 0.257 e. The molecule has 1 amide bonds. The molecular formula is C20H21N3O3S2. The SMILES string of the molecule is CCCS(=O)(=O)Nc1cccc(C(=O)Nc2nc(-c3ccc(C)cc3)cs2)c1. The van der Waals surface area contributed by atoms with Gasteiger partial charge in [0.05, 0.1) is 11.4 Å². The quantitative estimate of drug-likeness (QED) is 0.594. The van der Waals surface area contributed by atoms with Crippen molar-refractivity contribution in [2.45, 2.75) is 20.3 Å². The van der Waals surface area contributed by atoms with Gasteiger partial charge in [-0.3, -0.25) is 14.8 Å². The molecule has 3 rings (SSSR count). The Kier molecular flexibility index (Phi) is 6.11. The lowest BCUT2D eigenvalue weighted by atomic mass is 10.1. The third kappa shape index (κ3) is 5.17. The maximum atomic E-state index is 12.5. The second-order valence-corrected chi connectivity index (χ2v) is 9.06. The van der Waals surface area contributed by atoms with E-state index >= 15 is 0 Å². The number of anilines is 2. The van der Waals surface area contributed by atoms with Crippen molar-refractivity contribution in [3.63, 3.8) is 0 Å². The Labute approximate surface area is 168 Å². The van der Waals surface area contributed by atoms with E-state index in [0.717, 1.165) is 11.3 Å². The summed E-state index contributed by atoms with van der Waals surface area (Å²) < 4.78 is 26.3. The van der Waals surface area contributed by atoms with Crippen LogP contribution in [0, 0.1) is 6.92 Å². The molecule has 0 atom stereocenters. The fourth-order valence-electron chi connectivity index (χ4n) is 2.58. The number of hydrogen-bond donors (Lipinski definition) is 2. The molecule has 1 heterocycles.